The number of fused-ring (bicyclic) bond motifs is 4. The molecule has 0 aromatic heterocycles. The van der Waals surface area contributed by atoms with Crippen LogP contribution in [-0.4, -0.2) is 54.6 Å². The summed E-state index contributed by atoms with van der Waals surface area (Å²) in [5.41, 5.74) is 2.36. The number of hydrogen-bond donors (Lipinski definition) is 1. The summed E-state index contributed by atoms with van der Waals surface area (Å²) in [6, 6.07) is 16.5. The first kappa shape index (κ1) is 24.8. The van der Waals surface area contributed by atoms with E-state index < -0.39 is 0 Å². The fraction of sp³-hybridized carbons (Fsp3) is 0.500. The molecule has 4 rings (SSSR count). The largest absolute Gasteiger partial charge is 0.491 e. The van der Waals surface area contributed by atoms with Gasteiger partial charge in [-0.25, -0.2) is 0 Å². The van der Waals surface area contributed by atoms with Crippen molar-refractivity contribution in [3.63, 3.8) is 0 Å². The molecule has 2 atom stereocenters. The van der Waals surface area contributed by atoms with E-state index in [1.165, 1.54) is 23.3 Å². The zero-order chi connectivity index (χ0) is 23.8. The number of carbonyl (C=O) groups is 2. The third-order valence-corrected chi connectivity index (χ3v) is 7.73. The molecular formula is C28H36N2O3S. The number of Topliss-reactive ketones (excluding diaryl/α,β-unsaturated/α-hetero) is 1. The molecule has 0 radical (unpaired) electrons. The van der Waals surface area contributed by atoms with Crippen molar-refractivity contribution in [3.8, 4) is 16.9 Å². The van der Waals surface area contributed by atoms with Crippen molar-refractivity contribution in [2.24, 2.45) is 5.92 Å². The molecule has 34 heavy (non-hydrogen) atoms. The van der Waals surface area contributed by atoms with Crippen LogP contribution in [0.5, 0.6) is 5.75 Å². The predicted octanol–water partition coefficient (Wildman–Crippen LogP) is 5.18. The molecule has 1 fully saturated rings. The van der Waals surface area contributed by atoms with Crippen LogP contribution in [0.4, 0.5) is 0 Å². The zero-order valence-electron chi connectivity index (χ0n) is 20.1. The molecule has 182 valence electrons. The van der Waals surface area contributed by atoms with Gasteiger partial charge in [-0.15, -0.1) is 11.8 Å². The lowest BCUT2D eigenvalue weighted by atomic mass is 9.94. The minimum absolute atomic E-state index is 0.0234. The quantitative estimate of drug-likeness (QED) is 0.653. The summed E-state index contributed by atoms with van der Waals surface area (Å²) >= 11 is 1.86. The van der Waals surface area contributed by atoms with E-state index in [2.05, 4.69) is 46.6 Å². The summed E-state index contributed by atoms with van der Waals surface area (Å²) in [6.45, 7) is 4.82. The van der Waals surface area contributed by atoms with Crippen molar-refractivity contribution in [1.29, 1.82) is 0 Å². The topological polar surface area (TPSA) is 58.6 Å². The molecule has 0 saturated carbocycles. The monoisotopic (exact) mass is 480 g/mol. The number of amides is 1. The Morgan fingerprint density at radius 2 is 1.91 bits per heavy atom. The Labute approximate surface area is 207 Å². The molecule has 5 nitrogen and oxygen atoms in total. The number of rotatable bonds is 4. The lowest BCUT2D eigenvalue weighted by Crippen LogP contribution is -2.41. The molecule has 0 unspecified atom stereocenters. The van der Waals surface area contributed by atoms with Crippen LogP contribution in [0.3, 0.4) is 0 Å². The minimum atomic E-state index is -0.272. The molecule has 2 bridgehead atoms. The fourth-order valence-corrected chi connectivity index (χ4v) is 5.82. The molecule has 2 aliphatic heterocycles. The fourth-order valence-electron chi connectivity index (χ4n) is 4.74. The summed E-state index contributed by atoms with van der Waals surface area (Å²) in [5.74, 6) is 1.67. The average molecular weight is 481 g/mol. The molecule has 1 amide bonds. The molecule has 0 spiro atoms. The van der Waals surface area contributed by atoms with E-state index in [1.807, 2.05) is 30.8 Å². The van der Waals surface area contributed by atoms with Crippen LogP contribution in [0.2, 0.25) is 0 Å². The number of ether oxygens (including phenoxy) is 1. The lowest BCUT2D eigenvalue weighted by Gasteiger charge is -2.22. The number of nitrogens with zero attached hydrogens (tertiary/aromatic N) is 1. The number of thioether (sulfide) groups is 1. The highest BCUT2D eigenvalue weighted by molar-refractivity contribution is 7.99. The van der Waals surface area contributed by atoms with Crippen LogP contribution in [0.1, 0.15) is 45.4 Å². The molecule has 0 aliphatic carbocycles. The van der Waals surface area contributed by atoms with E-state index in [9.17, 15) is 9.59 Å². The average Bonchev–Trinajstić information content (AvgIpc) is 3.34. The first-order valence-corrected chi connectivity index (χ1v) is 13.6. The first-order chi connectivity index (χ1) is 16.6. The van der Waals surface area contributed by atoms with Crippen LogP contribution in [0.15, 0.2) is 53.4 Å². The molecule has 6 heteroatoms. The second-order valence-electron chi connectivity index (χ2n) is 9.51. The SMILES string of the molecule is C[C@@H]1COc2cccc(c2)-c2ccccc2SCCCC[C@H](CC(=O)CN2CCCC2)C(=O)N1. The summed E-state index contributed by atoms with van der Waals surface area (Å²) in [4.78, 5) is 29.3. The Hall–Kier alpha value is -2.31. The van der Waals surface area contributed by atoms with Crippen molar-refractivity contribution in [3.05, 3.63) is 48.5 Å². The number of hydrogen-bond acceptors (Lipinski definition) is 5. The number of ketones is 1. The van der Waals surface area contributed by atoms with Gasteiger partial charge in [0.05, 0.1) is 12.6 Å². The summed E-state index contributed by atoms with van der Waals surface area (Å²) in [7, 11) is 0. The van der Waals surface area contributed by atoms with Gasteiger partial charge in [0.25, 0.3) is 0 Å². The highest BCUT2D eigenvalue weighted by atomic mass is 32.2. The van der Waals surface area contributed by atoms with Gasteiger partial charge < -0.3 is 10.1 Å². The zero-order valence-corrected chi connectivity index (χ0v) is 20.9. The lowest BCUT2D eigenvalue weighted by molar-refractivity contribution is -0.130. The number of likely N-dealkylation sites (tertiary alicyclic amines) is 1. The van der Waals surface area contributed by atoms with Gasteiger partial charge in [-0.05, 0) is 80.8 Å². The van der Waals surface area contributed by atoms with Gasteiger partial charge in [0.2, 0.25) is 5.91 Å². The van der Waals surface area contributed by atoms with Crippen LogP contribution in [0, 0.1) is 5.92 Å². The standard InChI is InChI=1S/C28H36N2O3S/c1-21-20-33-25-11-8-10-22(18-25)26-12-2-3-13-27(26)34-16-7-4-9-23(28(32)29-21)17-24(31)19-30-14-5-6-15-30/h2-3,8,10-13,18,21,23H,4-7,9,14-17,19-20H2,1H3,(H,29,32)/t21-,23-/m1/s1. The van der Waals surface area contributed by atoms with E-state index in [4.69, 9.17) is 4.74 Å². The van der Waals surface area contributed by atoms with E-state index in [0.29, 0.717) is 19.6 Å². The van der Waals surface area contributed by atoms with Gasteiger partial charge in [-0.3, -0.25) is 14.5 Å². The summed E-state index contributed by atoms with van der Waals surface area (Å²) in [6.07, 6.45) is 5.35. The first-order valence-electron chi connectivity index (χ1n) is 12.6. The second kappa shape index (κ2) is 12.4. The Bertz CT molecular complexity index is 974. The van der Waals surface area contributed by atoms with Crippen molar-refractivity contribution < 1.29 is 14.3 Å². The van der Waals surface area contributed by atoms with Crippen LogP contribution in [0.25, 0.3) is 11.1 Å². The number of carbonyl (C=O) groups excluding carboxylic acids is 2. The van der Waals surface area contributed by atoms with Crippen LogP contribution in [-0.2, 0) is 9.59 Å². The Morgan fingerprint density at radius 3 is 2.76 bits per heavy atom. The normalized spacial score (nSPS) is 22.4. The second-order valence-corrected chi connectivity index (χ2v) is 10.6. The van der Waals surface area contributed by atoms with Gasteiger partial charge >= 0.3 is 0 Å². The molecule has 2 aromatic carbocycles. The van der Waals surface area contributed by atoms with E-state index in [-0.39, 0.29) is 23.7 Å². The van der Waals surface area contributed by atoms with Crippen molar-refractivity contribution in [1.82, 2.24) is 10.2 Å². The van der Waals surface area contributed by atoms with Gasteiger partial charge in [0.15, 0.2) is 0 Å². The molecule has 1 N–H and O–H groups in total. The Morgan fingerprint density at radius 1 is 1.09 bits per heavy atom. The number of benzene rings is 2. The summed E-state index contributed by atoms with van der Waals surface area (Å²) in [5, 5.41) is 3.10. The molecule has 2 aliphatic rings. The molecule has 2 heterocycles. The van der Waals surface area contributed by atoms with E-state index in [1.54, 1.807) is 0 Å². The molecular weight excluding hydrogens is 444 g/mol. The Balaban J connectivity index is 1.46. The highest BCUT2D eigenvalue weighted by Gasteiger charge is 2.25. The predicted molar refractivity (Wildman–Crippen MR) is 138 cm³/mol. The molecule has 2 aromatic rings. The van der Waals surface area contributed by atoms with Crippen LogP contribution >= 0.6 is 11.8 Å². The van der Waals surface area contributed by atoms with Crippen molar-refractivity contribution in [2.75, 3.05) is 32.0 Å². The maximum Gasteiger partial charge on any atom is 0.223 e. The Kier molecular flexibility index (Phi) is 9.05. The van der Waals surface area contributed by atoms with Crippen LogP contribution < -0.4 is 10.1 Å². The maximum atomic E-state index is 13.1. The van der Waals surface area contributed by atoms with Gasteiger partial charge in [-0.1, -0.05) is 36.8 Å². The third-order valence-electron chi connectivity index (χ3n) is 6.57. The third kappa shape index (κ3) is 7.09. The molecule has 1 saturated heterocycles. The maximum absolute atomic E-state index is 13.1. The minimum Gasteiger partial charge on any atom is -0.491 e. The van der Waals surface area contributed by atoms with Crippen molar-refractivity contribution in [2.45, 2.75) is 56.4 Å². The highest BCUT2D eigenvalue weighted by Crippen LogP contribution is 2.34. The van der Waals surface area contributed by atoms with Gasteiger partial charge in [0.1, 0.15) is 18.1 Å². The van der Waals surface area contributed by atoms with Gasteiger partial charge in [0, 0.05) is 17.2 Å². The smallest absolute Gasteiger partial charge is 0.223 e. The van der Waals surface area contributed by atoms with Gasteiger partial charge in [-0.2, -0.15) is 0 Å². The summed E-state index contributed by atoms with van der Waals surface area (Å²) < 4.78 is 6.03. The number of nitrogens with one attached hydrogen (secondary N) is 1. The van der Waals surface area contributed by atoms with E-state index >= 15 is 0 Å². The van der Waals surface area contributed by atoms with E-state index in [0.717, 1.165) is 49.4 Å². The van der Waals surface area contributed by atoms with Crippen molar-refractivity contribution >= 4 is 23.5 Å².